The molecule has 3 rings (SSSR count). The fourth-order valence-corrected chi connectivity index (χ4v) is 2.51. The van der Waals surface area contributed by atoms with Crippen LogP contribution in [0.25, 0.3) is 0 Å². The van der Waals surface area contributed by atoms with Gasteiger partial charge in [0.1, 0.15) is 11.3 Å². The Morgan fingerprint density at radius 1 is 1.04 bits per heavy atom. The molecule has 1 aromatic carbocycles. The second-order valence-corrected chi connectivity index (χ2v) is 5.71. The molecular formula is C20H19N3O4. The summed E-state index contributed by atoms with van der Waals surface area (Å²) in [5.41, 5.74) is 1.66. The predicted molar refractivity (Wildman–Crippen MR) is 98.3 cm³/mol. The van der Waals surface area contributed by atoms with Crippen LogP contribution in [0.2, 0.25) is 0 Å². The molecule has 2 amide bonds. The summed E-state index contributed by atoms with van der Waals surface area (Å²) < 4.78 is 10.3. The lowest BCUT2D eigenvalue weighted by Crippen LogP contribution is -2.25. The van der Waals surface area contributed by atoms with Gasteiger partial charge in [-0.1, -0.05) is 12.1 Å². The van der Waals surface area contributed by atoms with Gasteiger partial charge in [-0.05, 0) is 42.0 Å². The Hall–Kier alpha value is -3.61. The molecule has 0 aliphatic rings. The van der Waals surface area contributed by atoms with Gasteiger partial charge in [0.15, 0.2) is 0 Å². The third-order valence-corrected chi connectivity index (χ3v) is 3.85. The standard InChI is InChI=1S/C20H19N3O4/c1-26-20-17(8-3-9-21-20)19(25)22-12-14-5-2-6-15(11-14)18(24)23-13-16-7-4-10-27-16/h2-11H,12-13H2,1H3,(H,22,25)(H,23,24). The van der Waals surface area contributed by atoms with Crippen LogP contribution in [0.1, 0.15) is 32.0 Å². The molecule has 3 aromatic rings. The average Bonchev–Trinajstić information content (AvgIpc) is 3.24. The highest BCUT2D eigenvalue weighted by Gasteiger charge is 2.13. The number of methoxy groups -OCH3 is 1. The molecule has 138 valence electrons. The van der Waals surface area contributed by atoms with Crippen molar-refractivity contribution < 1.29 is 18.7 Å². The Bertz CT molecular complexity index is 922. The highest BCUT2D eigenvalue weighted by molar-refractivity contribution is 5.96. The lowest BCUT2D eigenvalue weighted by Gasteiger charge is -2.09. The molecule has 0 aliphatic heterocycles. The van der Waals surface area contributed by atoms with Crippen molar-refractivity contribution in [3.8, 4) is 5.88 Å². The molecule has 2 heterocycles. The van der Waals surface area contributed by atoms with Gasteiger partial charge in [0.25, 0.3) is 11.8 Å². The maximum atomic E-state index is 12.3. The zero-order valence-corrected chi connectivity index (χ0v) is 14.8. The number of hydrogen-bond acceptors (Lipinski definition) is 5. The molecule has 0 bridgehead atoms. The van der Waals surface area contributed by atoms with Crippen molar-refractivity contribution in [2.45, 2.75) is 13.1 Å². The highest BCUT2D eigenvalue weighted by atomic mass is 16.5. The van der Waals surface area contributed by atoms with Gasteiger partial charge < -0.3 is 19.8 Å². The monoisotopic (exact) mass is 365 g/mol. The first-order valence-corrected chi connectivity index (χ1v) is 8.34. The zero-order chi connectivity index (χ0) is 19.1. The maximum Gasteiger partial charge on any atom is 0.257 e. The van der Waals surface area contributed by atoms with Gasteiger partial charge in [0, 0.05) is 18.3 Å². The zero-order valence-electron chi connectivity index (χ0n) is 14.8. The van der Waals surface area contributed by atoms with Crippen molar-refractivity contribution in [2.24, 2.45) is 0 Å². The van der Waals surface area contributed by atoms with Crippen LogP contribution in [0.3, 0.4) is 0 Å². The number of nitrogens with one attached hydrogen (secondary N) is 2. The summed E-state index contributed by atoms with van der Waals surface area (Å²) in [5, 5.41) is 5.59. The number of carbonyl (C=O) groups excluding carboxylic acids is 2. The largest absolute Gasteiger partial charge is 0.480 e. The van der Waals surface area contributed by atoms with Crippen molar-refractivity contribution >= 4 is 11.8 Å². The van der Waals surface area contributed by atoms with E-state index in [-0.39, 0.29) is 24.2 Å². The Balaban J connectivity index is 1.60. The van der Waals surface area contributed by atoms with E-state index in [4.69, 9.17) is 9.15 Å². The number of ether oxygens (including phenoxy) is 1. The number of furan rings is 1. The summed E-state index contributed by atoms with van der Waals surface area (Å²) in [6, 6.07) is 13.9. The number of amides is 2. The van der Waals surface area contributed by atoms with E-state index < -0.39 is 0 Å². The SMILES string of the molecule is COc1ncccc1C(=O)NCc1cccc(C(=O)NCc2ccco2)c1. The van der Waals surface area contributed by atoms with Gasteiger partial charge >= 0.3 is 0 Å². The van der Waals surface area contributed by atoms with Gasteiger partial charge in [-0.25, -0.2) is 4.98 Å². The van der Waals surface area contributed by atoms with Crippen molar-refractivity contribution in [3.05, 3.63) is 83.4 Å². The molecular weight excluding hydrogens is 346 g/mol. The third kappa shape index (κ3) is 4.72. The van der Waals surface area contributed by atoms with Gasteiger partial charge in [-0.2, -0.15) is 0 Å². The predicted octanol–water partition coefficient (Wildman–Crippen LogP) is 2.54. The molecule has 0 saturated heterocycles. The Kier molecular flexibility index (Phi) is 5.84. The van der Waals surface area contributed by atoms with Gasteiger partial charge in [-0.3, -0.25) is 9.59 Å². The Morgan fingerprint density at radius 3 is 2.67 bits per heavy atom. The molecule has 0 aliphatic carbocycles. The Morgan fingerprint density at radius 2 is 1.89 bits per heavy atom. The molecule has 0 fully saturated rings. The van der Waals surface area contributed by atoms with Crippen LogP contribution in [-0.4, -0.2) is 23.9 Å². The van der Waals surface area contributed by atoms with Crippen LogP contribution in [-0.2, 0) is 13.1 Å². The molecule has 0 atom stereocenters. The number of nitrogens with zero attached hydrogens (tertiary/aromatic N) is 1. The number of carbonyl (C=O) groups is 2. The quantitative estimate of drug-likeness (QED) is 0.671. The second-order valence-electron chi connectivity index (χ2n) is 5.71. The summed E-state index contributed by atoms with van der Waals surface area (Å²) in [5.74, 6) is 0.430. The molecule has 2 aromatic heterocycles. The molecule has 0 unspecified atom stereocenters. The molecule has 2 N–H and O–H groups in total. The van der Waals surface area contributed by atoms with Crippen LogP contribution >= 0.6 is 0 Å². The first kappa shape index (κ1) is 18.2. The normalized spacial score (nSPS) is 10.3. The van der Waals surface area contributed by atoms with Crippen molar-refractivity contribution in [3.63, 3.8) is 0 Å². The third-order valence-electron chi connectivity index (χ3n) is 3.85. The topological polar surface area (TPSA) is 93.5 Å². The lowest BCUT2D eigenvalue weighted by molar-refractivity contribution is 0.0941. The average molecular weight is 365 g/mol. The number of pyridine rings is 1. The first-order chi connectivity index (χ1) is 13.2. The minimum absolute atomic E-state index is 0.214. The number of hydrogen-bond donors (Lipinski definition) is 2. The lowest BCUT2D eigenvalue weighted by atomic mass is 10.1. The minimum Gasteiger partial charge on any atom is -0.480 e. The van der Waals surface area contributed by atoms with E-state index in [0.29, 0.717) is 23.4 Å². The van der Waals surface area contributed by atoms with E-state index in [9.17, 15) is 9.59 Å². The Labute approximate surface area is 156 Å². The van der Waals surface area contributed by atoms with Crippen LogP contribution in [0.15, 0.2) is 65.4 Å². The fraction of sp³-hybridized carbons (Fsp3) is 0.150. The summed E-state index contributed by atoms with van der Waals surface area (Å²) in [4.78, 5) is 28.6. The fourth-order valence-electron chi connectivity index (χ4n) is 2.51. The summed E-state index contributed by atoms with van der Waals surface area (Å²) >= 11 is 0. The maximum absolute atomic E-state index is 12.3. The summed E-state index contributed by atoms with van der Waals surface area (Å²) in [6.07, 6.45) is 3.11. The molecule has 7 heteroatoms. The van der Waals surface area contributed by atoms with E-state index in [1.807, 2.05) is 6.07 Å². The van der Waals surface area contributed by atoms with Crippen molar-refractivity contribution in [1.82, 2.24) is 15.6 Å². The summed E-state index contributed by atoms with van der Waals surface area (Å²) in [7, 11) is 1.46. The number of aromatic nitrogens is 1. The number of benzene rings is 1. The summed E-state index contributed by atoms with van der Waals surface area (Å²) in [6.45, 7) is 0.587. The second kappa shape index (κ2) is 8.66. The van der Waals surface area contributed by atoms with E-state index >= 15 is 0 Å². The van der Waals surface area contributed by atoms with Crippen LogP contribution in [0, 0.1) is 0 Å². The molecule has 0 radical (unpaired) electrons. The first-order valence-electron chi connectivity index (χ1n) is 8.34. The van der Waals surface area contributed by atoms with Crippen LogP contribution in [0.5, 0.6) is 5.88 Å². The van der Waals surface area contributed by atoms with E-state index in [1.165, 1.54) is 7.11 Å². The minimum atomic E-state index is -0.298. The van der Waals surface area contributed by atoms with E-state index in [1.54, 1.807) is 54.9 Å². The van der Waals surface area contributed by atoms with Gasteiger partial charge in [0.05, 0.1) is 19.9 Å². The highest BCUT2D eigenvalue weighted by Crippen LogP contribution is 2.13. The molecule has 7 nitrogen and oxygen atoms in total. The molecule has 0 saturated carbocycles. The smallest absolute Gasteiger partial charge is 0.257 e. The van der Waals surface area contributed by atoms with Crippen LogP contribution < -0.4 is 15.4 Å². The van der Waals surface area contributed by atoms with Gasteiger partial charge in [0.2, 0.25) is 5.88 Å². The molecule has 0 spiro atoms. The number of rotatable bonds is 7. The van der Waals surface area contributed by atoms with Gasteiger partial charge in [-0.15, -0.1) is 0 Å². The van der Waals surface area contributed by atoms with Crippen molar-refractivity contribution in [2.75, 3.05) is 7.11 Å². The molecule has 27 heavy (non-hydrogen) atoms. The van der Waals surface area contributed by atoms with Crippen LogP contribution in [0.4, 0.5) is 0 Å². The van der Waals surface area contributed by atoms with E-state index in [0.717, 1.165) is 5.56 Å². The van der Waals surface area contributed by atoms with Crippen molar-refractivity contribution in [1.29, 1.82) is 0 Å². The van der Waals surface area contributed by atoms with E-state index in [2.05, 4.69) is 15.6 Å².